The van der Waals surface area contributed by atoms with Crippen LogP contribution < -0.4 is 31.3 Å². The molecule has 0 amide bonds. The van der Waals surface area contributed by atoms with Crippen molar-refractivity contribution >= 4 is 42.4 Å². The maximum absolute atomic E-state index is 6.28. The standard InChI is InChI=1S/C38H36O2P2/c1-39-33-25-15-27-35(41(29-17-7-3-8-18-29)30-19-9-4-10-20-30)37(33)38-34(40-2)26-16-28-36(38)42(31-21-11-5-12-22-31)32-23-13-6-14-24-32/h3-15,17-27,36,38H,16,28H2,1-2H3/t36-,38+/m1/s1. The third kappa shape index (κ3) is 5.80. The van der Waals surface area contributed by atoms with Crippen molar-refractivity contribution in [1.82, 2.24) is 0 Å². The molecule has 6 rings (SSSR count). The second-order valence-corrected chi connectivity index (χ2v) is 15.0. The lowest BCUT2D eigenvalue weighted by atomic mass is 9.86. The topological polar surface area (TPSA) is 18.5 Å². The van der Waals surface area contributed by atoms with Crippen LogP contribution in [0.3, 0.4) is 0 Å². The maximum Gasteiger partial charge on any atom is 0.123 e. The lowest BCUT2D eigenvalue weighted by molar-refractivity contribution is 0.250. The average Bonchev–Trinajstić information content (AvgIpc) is 3.07. The van der Waals surface area contributed by atoms with Gasteiger partial charge in [0.2, 0.25) is 0 Å². The summed E-state index contributed by atoms with van der Waals surface area (Å²) in [5.74, 6) is 2.04. The Morgan fingerprint density at radius 1 is 0.548 bits per heavy atom. The lowest BCUT2D eigenvalue weighted by Crippen LogP contribution is -2.34. The lowest BCUT2D eigenvalue weighted by Gasteiger charge is -2.40. The minimum Gasteiger partial charge on any atom is -0.501 e. The molecule has 5 aromatic carbocycles. The number of hydrogen-bond donors (Lipinski definition) is 0. The molecule has 0 saturated carbocycles. The van der Waals surface area contributed by atoms with Gasteiger partial charge >= 0.3 is 0 Å². The zero-order valence-electron chi connectivity index (χ0n) is 24.1. The Bertz CT molecular complexity index is 1530. The van der Waals surface area contributed by atoms with Crippen LogP contribution in [-0.4, -0.2) is 19.9 Å². The molecule has 42 heavy (non-hydrogen) atoms. The summed E-state index contributed by atoms with van der Waals surface area (Å²) in [5.41, 5.74) is 1.60. The van der Waals surface area contributed by atoms with E-state index in [1.807, 2.05) is 7.11 Å². The van der Waals surface area contributed by atoms with Crippen molar-refractivity contribution in [3.05, 3.63) is 157 Å². The molecule has 0 bridgehead atoms. The number of ether oxygens (including phenoxy) is 2. The molecule has 0 aromatic heterocycles. The largest absolute Gasteiger partial charge is 0.501 e. The Labute approximate surface area is 252 Å². The minimum absolute atomic E-state index is 0.0545. The third-order valence-corrected chi connectivity index (χ3v) is 13.4. The van der Waals surface area contributed by atoms with Crippen LogP contribution in [0, 0.1) is 0 Å². The highest BCUT2D eigenvalue weighted by Gasteiger charge is 2.41. The first-order valence-corrected chi connectivity index (χ1v) is 17.3. The summed E-state index contributed by atoms with van der Waals surface area (Å²) in [4.78, 5) is 0. The van der Waals surface area contributed by atoms with Crippen LogP contribution in [0.2, 0.25) is 0 Å². The second-order valence-electron chi connectivity index (χ2n) is 10.4. The molecule has 0 heterocycles. The second kappa shape index (κ2) is 13.5. The van der Waals surface area contributed by atoms with E-state index in [-0.39, 0.29) is 5.92 Å². The smallest absolute Gasteiger partial charge is 0.123 e. The Morgan fingerprint density at radius 3 is 1.52 bits per heavy atom. The Balaban J connectivity index is 1.60. The van der Waals surface area contributed by atoms with Crippen molar-refractivity contribution < 1.29 is 9.47 Å². The van der Waals surface area contributed by atoms with Crippen LogP contribution in [0.25, 0.3) is 0 Å². The molecule has 0 aliphatic heterocycles. The first-order valence-electron chi connectivity index (χ1n) is 14.5. The van der Waals surface area contributed by atoms with E-state index in [2.05, 4.69) is 146 Å². The van der Waals surface area contributed by atoms with Crippen molar-refractivity contribution in [3.63, 3.8) is 0 Å². The molecule has 2 atom stereocenters. The highest BCUT2D eigenvalue weighted by atomic mass is 31.1. The molecule has 0 radical (unpaired) electrons. The minimum atomic E-state index is -0.840. The molecular formula is C38H36O2P2. The van der Waals surface area contributed by atoms with Gasteiger partial charge in [-0.15, -0.1) is 0 Å². The van der Waals surface area contributed by atoms with Crippen LogP contribution in [0.5, 0.6) is 5.75 Å². The summed E-state index contributed by atoms with van der Waals surface area (Å²) in [6.45, 7) is 0. The first-order chi connectivity index (χ1) is 20.8. The molecule has 2 nitrogen and oxygen atoms in total. The summed E-state index contributed by atoms with van der Waals surface area (Å²) in [5, 5.41) is 6.79. The van der Waals surface area contributed by atoms with E-state index in [1.54, 1.807) is 7.11 Å². The zero-order valence-corrected chi connectivity index (χ0v) is 25.9. The summed E-state index contributed by atoms with van der Waals surface area (Å²) >= 11 is 0. The van der Waals surface area contributed by atoms with Gasteiger partial charge in [-0.3, -0.25) is 0 Å². The summed E-state index contributed by atoms with van der Waals surface area (Å²) in [6, 6.07) is 50.7. The average molecular weight is 587 g/mol. The van der Waals surface area contributed by atoms with E-state index in [1.165, 1.54) is 32.1 Å². The molecular weight excluding hydrogens is 550 g/mol. The number of rotatable bonds is 9. The van der Waals surface area contributed by atoms with Crippen molar-refractivity contribution in [3.8, 4) is 5.75 Å². The number of methoxy groups -OCH3 is 2. The van der Waals surface area contributed by atoms with Crippen LogP contribution in [0.1, 0.15) is 24.3 Å². The van der Waals surface area contributed by atoms with Crippen LogP contribution in [0.15, 0.2) is 151 Å². The van der Waals surface area contributed by atoms with Gasteiger partial charge in [0.15, 0.2) is 0 Å². The van der Waals surface area contributed by atoms with Crippen molar-refractivity contribution in [2.45, 2.75) is 24.4 Å². The van der Waals surface area contributed by atoms with Crippen molar-refractivity contribution in [2.24, 2.45) is 0 Å². The molecule has 0 saturated heterocycles. The van der Waals surface area contributed by atoms with Gasteiger partial charge in [-0.1, -0.05) is 133 Å². The number of allylic oxidation sites excluding steroid dienone is 2. The van der Waals surface area contributed by atoms with E-state index >= 15 is 0 Å². The predicted octanol–water partition coefficient (Wildman–Crippen LogP) is 7.36. The molecule has 1 aliphatic carbocycles. The highest BCUT2D eigenvalue weighted by molar-refractivity contribution is 7.80. The molecule has 4 heteroatoms. The molecule has 0 unspecified atom stereocenters. The monoisotopic (exact) mass is 586 g/mol. The highest BCUT2D eigenvalue weighted by Crippen LogP contribution is 2.55. The van der Waals surface area contributed by atoms with Crippen LogP contribution >= 0.6 is 15.8 Å². The van der Waals surface area contributed by atoms with E-state index < -0.39 is 15.8 Å². The van der Waals surface area contributed by atoms with Gasteiger partial charge in [0.05, 0.1) is 25.9 Å². The summed E-state index contributed by atoms with van der Waals surface area (Å²) in [7, 11) is 2.11. The number of hydrogen-bond acceptors (Lipinski definition) is 2. The van der Waals surface area contributed by atoms with Crippen molar-refractivity contribution in [1.29, 1.82) is 0 Å². The predicted molar refractivity (Wildman–Crippen MR) is 182 cm³/mol. The van der Waals surface area contributed by atoms with E-state index in [0.717, 1.165) is 24.4 Å². The molecule has 210 valence electrons. The fourth-order valence-electron chi connectivity index (χ4n) is 6.21. The molecule has 0 fully saturated rings. The fourth-order valence-corrected chi connectivity index (χ4v) is 11.8. The van der Waals surface area contributed by atoms with Crippen LogP contribution in [0.4, 0.5) is 0 Å². The normalized spacial score (nSPS) is 16.7. The maximum atomic E-state index is 6.28. The van der Waals surface area contributed by atoms with Crippen molar-refractivity contribution in [2.75, 3.05) is 14.2 Å². The molecule has 1 aliphatic rings. The van der Waals surface area contributed by atoms with Gasteiger partial charge in [-0.2, -0.15) is 0 Å². The van der Waals surface area contributed by atoms with Gasteiger partial charge in [0, 0.05) is 11.2 Å². The van der Waals surface area contributed by atoms with Gasteiger partial charge in [0.25, 0.3) is 0 Å². The fraction of sp³-hybridized carbons (Fsp3) is 0.158. The quantitative estimate of drug-likeness (QED) is 0.168. The first kappa shape index (κ1) is 28.4. The summed E-state index contributed by atoms with van der Waals surface area (Å²) in [6.07, 6.45) is 4.40. The zero-order chi connectivity index (χ0) is 28.7. The van der Waals surface area contributed by atoms with Gasteiger partial charge in [-0.05, 0) is 67.3 Å². The van der Waals surface area contributed by atoms with E-state index in [0.29, 0.717) is 5.66 Å². The molecule has 5 aromatic rings. The Kier molecular flexibility index (Phi) is 9.15. The Morgan fingerprint density at radius 2 is 1.05 bits per heavy atom. The van der Waals surface area contributed by atoms with Gasteiger partial charge in [0.1, 0.15) is 5.75 Å². The summed E-state index contributed by atoms with van der Waals surface area (Å²) < 4.78 is 12.5. The SMILES string of the molecule is COC1=CCC[C@@H](P(c2ccccc2)c2ccccc2)[C@H]1c1c(OC)cccc1P(c1ccccc1)c1ccccc1. The Hall–Kier alpha value is -3.70. The van der Waals surface area contributed by atoms with Crippen LogP contribution in [-0.2, 0) is 4.74 Å². The number of benzene rings is 5. The van der Waals surface area contributed by atoms with E-state index in [9.17, 15) is 0 Å². The molecule has 0 spiro atoms. The van der Waals surface area contributed by atoms with Gasteiger partial charge < -0.3 is 9.47 Å². The third-order valence-electron chi connectivity index (χ3n) is 7.98. The molecule has 0 N–H and O–H groups in total. The van der Waals surface area contributed by atoms with E-state index in [4.69, 9.17) is 9.47 Å². The van der Waals surface area contributed by atoms with Gasteiger partial charge in [-0.25, -0.2) is 0 Å².